The number of methoxy groups -OCH3 is 1. The van der Waals surface area contributed by atoms with Crippen molar-refractivity contribution in [2.75, 3.05) is 20.3 Å². The van der Waals surface area contributed by atoms with Gasteiger partial charge in [0.1, 0.15) is 11.5 Å². The minimum absolute atomic E-state index is 0.550. The summed E-state index contributed by atoms with van der Waals surface area (Å²) in [6.45, 7) is 2.60. The van der Waals surface area contributed by atoms with Crippen molar-refractivity contribution >= 4 is 0 Å². The Morgan fingerprint density at radius 2 is 2.00 bits per heavy atom. The summed E-state index contributed by atoms with van der Waals surface area (Å²) in [5.74, 6) is 3.85. The van der Waals surface area contributed by atoms with Crippen LogP contribution in [0, 0.1) is 5.92 Å². The summed E-state index contributed by atoms with van der Waals surface area (Å²) in [7, 11) is 1.66. The fraction of sp³-hybridized carbons (Fsp3) is 0.316. The topological polar surface area (TPSA) is 49.4 Å². The van der Waals surface area contributed by atoms with Crippen molar-refractivity contribution in [3.05, 3.63) is 48.8 Å². The Morgan fingerprint density at radius 1 is 1.17 bits per heavy atom. The van der Waals surface area contributed by atoms with Crippen LogP contribution in [0.25, 0.3) is 22.9 Å². The van der Waals surface area contributed by atoms with Crippen LogP contribution in [0.3, 0.4) is 0 Å². The molecule has 1 atom stereocenters. The first-order valence-electron chi connectivity index (χ1n) is 8.17. The first-order valence-corrected chi connectivity index (χ1v) is 8.17. The minimum Gasteiger partial charge on any atom is -0.497 e. The Labute approximate surface area is 140 Å². The van der Waals surface area contributed by atoms with Crippen molar-refractivity contribution < 1.29 is 13.9 Å². The maximum Gasteiger partial charge on any atom is 0.176 e. The number of hydrogen-bond donors (Lipinski definition) is 0. The molecule has 0 amide bonds. The molecule has 0 bridgehead atoms. The van der Waals surface area contributed by atoms with Crippen LogP contribution in [0.4, 0.5) is 0 Å². The molecule has 5 nitrogen and oxygen atoms in total. The highest BCUT2D eigenvalue weighted by Gasteiger charge is 2.19. The minimum atomic E-state index is 0.550. The van der Waals surface area contributed by atoms with Gasteiger partial charge < -0.3 is 18.5 Å². The number of furan rings is 1. The molecule has 0 radical (unpaired) electrons. The van der Waals surface area contributed by atoms with Crippen molar-refractivity contribution in [3.63, 3.8) is 0 Å². The molecule has 0 unspecified atom stereocenters. The van der Waals surface area contributed by atoms with Crippen molar-refractivity contribution in [2.24, 2.45) is 5.92 Å². The van der Waals surface area contributed by atoms with E-state index in [1.54, 1.807) is 7.11 Å². The zero-order valence-electron chi connectivity index (χ0n) is 13.6. The van der Waals surface area contributed by atoms with Gasteiger partial charge >= 0.3 is 0 Å². The zero-order valence-corrected chi connectivity index (χ0v) is 13.6. The molecule has 0 saturated carbocycles. The second-order valence-electron chi connectivity index (χ2n) is 6.03. The van der Waals surface area contributed by atoms with Gasteiger partial charge in [-0.15, -0.1) is 0 Å². The Kier molecular flexibility index (Phi) is 4.09. The summed E-state index contributed by atoms with van der Waals surface area (Å²) < 4.78 is 18.8. The predicted octanol–water partition coefficient (Wildman–Crippen LogP) is 3.86. The number of imidazole rings is 1. The van der Waals surface area contributed by atoms with Crippen LogP contribution in [0.1, 0.15) is 6.42 Å². The maximum atomic E-state index is 6.04. The van der Waals surface area contributed by atoms with Gasteiger partial charge in [-0.3, -0.25) is 0 Å². The monoisotopic (exact) mass is 324 g/mol. The van der Waals surface area contributed by atoms with E-state index in [1.807, 2.05) is 48.8 Å². The SMILES string of the molecule is COc1ccc(-c2ccc(-c3nccn3C[C@@H]3CCOC3)o2)cc1. The average Bonchev–Trinajstić information content (AvgIpc) is 3.37. The van der Waals surface area contributed by atoms with E-state index in [0.29, 0.717) is 5.92 Å². The summed E-state index contributed by atoms with van der Waals surface area (Å²) in [6, 6.07) is 11.8. The van der Waals surface area contributed by atoms with E-state index < -0.39 is 0 Å². The van der Waals surface area contributed by atoms with Gasteiger partial charge in [0.05, 0.1) is 13.7 Å². The number of rotatable bonds is 5. The van der Waals surface area contributed by atoms with Crippen LogP contribution in [-0.4, -0.2) is 29.9 Å². The molecule has 1 aromatic carbocycles. The van der Waals surface area contributed by atoms with Gasteiger partial charge in [-0.1, -0.05) is 0 Å². The fourth-order valence-electron chi connectivity index (χ4n) is 3.06. The van der Waals surface area contributed by atoms with Gasteiger partial charge in [-0.2, -0.15) is 0 Å². The van der Waals surface area contributed by atoms with Gasteiger partial charge in [0.15, 0.2) is 11.6 Å². The van der Waals surface area contributed by atoms with E-state index in [-0.39, 0.29) is 0 Å². The van der Waals surface area contributed by atoms with Crippen LogP contribution < -0.4 is 4.74 Å². The number of ether oxygens (including phenoxy) is 2. The van der Waals surface area contributed by atoms with E-state index in [4.69, 9.17) is 13.9 Å². The number of hydrogen-bond acceptors (Lipinski definition) is 4. The van der Waals surface area contributed by atoms with Crippen LogP contribution >= 0.6 is 0 Å². The molecule has 24 heavy (non-hydrogen) atoms. The molecule has 1 saturated heterocycles. The molecule has 3 heterocycles. The standard InChI is InChI=1S/C19H20N2O3/c1-22-16-4-2-15(3-5-16)17-6-7-18(24-17)19-20-9-10-21(19)12-14-8-11-23-13-14/h2-7,9-10,14H,8,11-13H2,1H3/t14-/m0/s1. The highest BCUT2D eigenvalue weighted by atomic mass is 16.5. The van der Waals surface area contributed by atoms with Crippen molar-refractivity contribution in [1.82, 2.24) is 9.55 Å². The Hall–Kier alpha value is -2.53. The van der Waals surface area contributed by atoms with E-state index >= 15 is 0 Å². The van der Waals surface area contributed by atoms with Crippen molar-refractivity contribution in [2.45, 2.75) is 13.0 Å². The average molecular weight is 324 g/mol. The molecule has 0 aliphatic carbocycles. The third-order valence-electron chi connectivity index (χ3n) is 4.40. The zero-order chi connectivity index (χ0) is 16.4. The molecule has 0 spiro atoms. The Morgan fingerprint density at radius 3 is 2.75 bits per heavy atom. The van der Waals surface area contributed by atoms with E-state index in [0.717, 1.165) is 54.8 Å². The van der Waals surface area contributed by atoms with Crippen LogP contribution in [0.15, 0.2) is 53.2 Å². The molecular weight excluding hydrogens is 304 g/mol. The third-order valence-corrected chi connectivity index (χ3v) is 4.40. The molecule has 1 aliphatic heterocycles. The van der Waals surface area contributed by atoms with Crippen molar-refractivity contribution in [3.8, 4) is 28.7 Å². The maximum absolute atomic E-state index is 6.04. The molecule has 124 valence electrons. The number of nitrogens with zero attached hydrogens (tertiary/aromatic N) is 2. The Bertz CT molecular complexity index is 798. The first kappa shape index (κ1) is 15.0. The summed E-state index contributed by atoms with van der Waals surface area (Å²) >= 11 is 0. The molecule has 3 aromatic rings. The molecular formula is C19H20N2O3. The number of benzene rings is 1. The second kappa shape index (κ2) is 6.53. The van der Waals surface area contributed by atoms with Crippen LogP contribution in [-0.2, 0) is 11.3 Å². The van der Waals surface area contributed by atoms with E-state index in [9.17, 15) is 0 Å². The number of aromatic nitrogens is 2. The molecule has 1 fully saturated rings. The van der Waals surface area contributed by atoms with Gasteiger partial charge in [0, 0.05) is 37.0 Å². The summed E-state index contributed by atoms with van der Waals surface area (Å²) in [4.78, 5) is 4.47. The fourth-order valence-corrected chi connectivity index (χ4v) is 3.06. The highest BCUT2D eigenvalue weighted by molar-refractivity contribution is 5.62. The normalized spacial score (nSPS) is 17.3. The lowest BCUT2D eigenvalue weighted by Gasteiger charge is -2.10. The second-order valence-corrected chi connectivity index (χ2v) is 6.03. The van der Waals surface area contributed by atoms with Gasteiger partial charge in [0.25, 0.3) is 0 Å². The molecule has 0 N–H and O–H groups in total. The summed E-state index contributed by atoms with van der Waals surface area (Å²) in [5, 5.41) is 0. The largest absolute Gasteiger partial charge is 0.497 e. The summed E-state index contributed by atoms with van der Waals surface area (Å²) in [6.07, 6.45) is 4.93. The molecule has 4 rings (SSSR count). The summed E-state index contributed by atoms with van der Waals surface area (Å²) in [5.41, 5.74) is 1.02. The van der Waals surface area contributed by atoms with E-state index in [2.05, 4.69) is 9.55 Å². The van der Waals surface area contributed by atoms with Crippen LogP contribution in [0.2, 0.25) is 0 Å². The van der Waals surface area contributed by atoms with E-state index in [1.165, 1.54) is 0 Å². The van der Waals surface area contributed by atoms with Gasteiger partial charge in [-0.05, 0) is 42.8 Å². The smallest absolute Gasteiger partial charge is 0.176 e. The third kappa shape index (κ3) is 2.95. The Balaban J connectivity index is 1.57. The highest BCUT2D eigenvalue weighted by Crippen LogP contribution is 2.29. The van der Waals surface area contributed by atoms with Crippen LogP contribution in [0.5, 0.6) is 5.75 Å². The molecule has 2 aromatic heterocycles. The van der Waals surface area contributed by atoms with Crippen molar-refractivity contribution in [1.29, 1.82) is 0 Å². The lowest BCUT2D eigenvalue weighted by atomic mass is 10.1. The predicted molar refractivity (Wildman–Crippen MR) is 90.8 cm³/mol. The molecule has 5 heteroatoms. The lowest BCUT2D eigenvalue weighted by Crippen LogP contribution is -2.10. The lowest BCUT2D eigenvalue weighted by molar-refractivity contribution is 0.182. The first-order chi connectivity index (χ1) is 11.8. The van der Waals surface area contributed by atoms with Gasteiger partial charge in [0.2, 0.25) is 0 Å². The van der Waals surface area contributed by atoms with Gasteiger partial charge in [-0.25, -0.2) is 4.98 Å². The quantitative estimate of drug-likeness (QED) is 0.715. The molecule has 1 aliphatic rings.